The summed E-state index contributed by atoms with van der Waals surface area (Å²) in [5, 5.41) is 1.01. The fourth-order valence-corrected chi connectivity index (χ4v) is 2.30. The lowest BCUT2D eigenvalue weighted by Crippen LogP contribution is -2.39. The summed E-state index contributed by atoms with van der Waals surface area (Å²) in [6.07, 6.45) is 3.39. The summed E-state index contributed by atoms with van der Waals surface area (Å²) in [5.74, 6) is 0.661. The van der Waals surface area contributed by atoms with Crippen LogP contribution in [0, 0.1) is 0 Å². The van der Waals surface area contributed by atoms with Crippen LogP contribution < -0.4 is 4.74 Å². The molecule has 1 amide bonds. The van der Waals surface area contributed by atoms with Gasteiger partial charge in [-0.1, -0.05) is 18.2 Å². The molecule has 0 unspecified atom stereocenters. The molecule has 0 spiro atoms. The average molecular weight is 270 g/mol. The third kappa shape index (κ3) is 2.59. The molecule has 0 aliphatic heterocycles. The van der Waals surface area contributed by atoms with Gasteiger partial charge < -0.3 is 9.64 Å². The molecule has 1 atom stereocenters. The fourth-order valence-electron chi connectivity index (χ4n) is 2.30. The molecule has 1 aliphatic carbocycles. The van der Waals surface area contributed by atoms with E-state index >= 15 is 0 Å². The van der Waals surface area contributed by atoms with Gasteiger partial charge in [-0.2, -0.15) is 0 Å². The molecule has 104 valence electrons. The number of carbonyl (C=O) groups excluding carboxylic acids is 1. The second kappa shape index (κ2) is 5.12. The number of hydrogen-bond acceptors (Lipinski definition) is 3. The van der Waals surface area contributed by atoms with E-state index in [4.69, 9.17) is 4.74 Å². The van der Waals surface area contributed by atoms with Crippen molar-refractivity contribution in [1.82, 2.24) is 9.88 Å². The number of likely N-dealkylation sites (N-methyl/N-ethyl adjacent to an activating group) is 1. The van der Waals surface area contributed by atoms with Gasteiger partial charge in [0.25, 0.3) is 5.91 Å². The summed E-state index contributed by atoms with van der Waals surface area (Å²) in [5.41, 5.74) is 0.925. The van der Waals surface area contributed by atoms with Crippen LogP contribution in [0.3, 0.4) is 0 Å². The highest BCUT2D eigenvalue weighted by Gasteiger charge is 2.32. The molecular weight excluding hydrogens is 252 g/mol. The van der Waals surface area contributed by atoms with E-state index in [2.05, 4.69) is 4.98 Å². The highest BCUT2D eigenvalue weighted by Crippen LogP contribution is 2.26. The van der Waals surface area contributed by atoms with Crippen molar-refractivity contribution in [2.45, 2.75) is 31.9 Å². The quantitative estimate of drug-likeness (QED) is 0.857. The molecule has 0 bridgehead atoms. The van der Waals surface area contributed by atoms with Crippen LogP contribution in [0.1, 0.15) is 19.8 Å². The molecule has 4 nitrogen and oxygen atoms in total. The zero-order valence-corrected chi connectivity index (χ0v) is 11.7. The number of hydrogen-bond donors (Lipinski definition) is 0. The molecule has 1 fully saturated rings. The molecule has 2 aromatic rings. The number of nitrogens with zero attached hydrogens (tertiary/aromatic N) is 2. The SMILES string of the molecule is C[C@H](Oc1cnc2ccccc2c1)C(=O)N(C)C1CC1. The lowest BCUT2D eigenvalue weighted by Gasteiger charge is -2.21. The Labute approximate surface area is 118 Å². The monoisotopic (exact) mass is 270 g/mol. The molecule has 1 heterocycles. The van der Waals surface area contributed by atoms with Crippen LogP contribution in [0.2, 0.25) is 0 Å². The molecule has 0 radical (unpaired) electrons. The molecule has 1 aliphatic rings. The average Bonchev–Trinajstić information content (AvgIpc) is 3.30. The van der Waals surface area contributed by atoms with Gasteiger partial charge in [-0.05, 0) is 31.9 Å². The molecule has 1 aromatic carbocycles. The second-order valence-corrected chi connectivity index (χ2v) is 5.30. The summed E-state index contributed by atoms with van der Waals surface area (Å²) in [7, 11) is 1.85. The standard InChI is InChI=1S/C16H18N2O2/c1-11(16(19)18(2)13-7-8-13)20-14-9-12-5-3-4-6-15(12)17-10-14/h3-6,9-11,13H,7-8H2,1-2H3/t11-/m0/s1. The molecule has 1 saturated carbocycles. The van der Waals surface area contributed by atoms with E-state index in [0.29, 0.717) is 11.8 Å². The van der Waals surface area contributed by atoms with E-state index in [1.165, 1.54) is 0 Å². The van der Waals surface area contributed by atoms with Crippen molar-refractivity contribution in [3.05, 3.63) is 36.5 Å². The lowest BCUT2D eigenvalue weighted by molar-refractivity contribution is -0.137. The van der Waals surface area contributed by atoms with Crippen molar-refractivity contribution in [3.8, 4) is 5.75 Å². The number of amides is 1. The first-order valence-corrected chi connectivity index (χ1v) is 6.93. The maximum absolute atomic E-state index is 12.2. The third-order valence-corrected chi connectivity index (χ3v) is 3.67. The van der Waals surface area contributed by atoms with Crippen molar-refractivity contribution in [2.24, 2.45) is 0 Å². The summed E-state index contributed by atoms with van der Waals surface area (Å²) >= 11 is 0. The largest absolute Gasteiger partial charge is 0.479 e. The first-order valence-electron chi connectivity index (χ1n) is 6.93. The van der Waals surface area contributed by atoms with Gasteiger partial charge in [0.1, 0.15) is 5.75 Å². The topological polar surface area (TPSA) is 42.4 Å². The second-order valence-electron chi connectivity index (χ2n) is 5.30. The number of para-hydroxylation sites is 1. The number of benzene rings is 1. The molecule has 0 N–H and O–H groups in total. The molecular formula is C16H18N2O2. The van der Waals surface area contributed by atoms with Crippen molar-refractivity contribution < 1.29 is 9.53 Å². The van der Waals surface area contributed by atoms with Crippen LogP contribution in [0.4, 0.5) is 0 Å². The maximum atomic E-state index is 12.2. The van der Waals surface area contributed by atoms with Crippen molar-refractivity contribution in [3.63, 3.8) is 0 Å². The Morgan fingerprint density at radius 1 is 1.40 bits per heavy atom. The minimum Gasteiger partial charge on any atom is -0.479 e. The minimum absolute atomic E-state index is 0.0284. The molecule has 20 heavy (non-hydrogen) atoms. The molecule has 0 saturated heterocycles. The van der Waals surface area contributed by atoms with E-state index in [0.717, 1.165) is 23.7 Å². The number of ether oxygens (including phenoxy) is 1. The first-order chi connectivity index (χ1) is 9.65. The van der Waals surface area contributed by atoms with E-state index in [1.54, 1.807) is 18.0 Å². The zero-order chi connectivity index (χ0) is 14.1. The Bertz CT molecular complexity index is 637. The van der Waals surface area contributed by atoms with Crippen LogP contribution in [0.25, 0.3) is 10.9 Å². The van der Waals surface area contributed by atoms with Gasteiger partial charge >= 0.3 is 0 Å². The maximum Gasteiger partial charge on any atom is 0.263 e. The molecule has 3 rings (SSSR count). The van der Waals surface area contributed by atoms with Gasteiger partial charge in [-0.15, -0.1) is 0 Å². The third-order valence-electron chi connectivity index (χ3n) is 3.67. The number of fused-ring (bicyclic) bond motifs is 1. The first kappa shape index (κ1) is 12.9. The summed E-state index contributed by atoms with van der Waals surface area (Å²) in [6, 6.07) is 10.2. The highest BCUT2D eigenvalue weighted by molar-refractivity contribution is 5.82. The molecule has 1 aromatic heterocycles. The van der Waals surface area contributed by atoms with Crippen molar-refractivity contribution in [1.29, 1.82) is 0 Å². The Balaban J connectivity index is 1.73. The van der Waals surface area contributed by atoms with E-state index < -0.39 is 6.10 Å². The van der Waals surface area contributed by atoms with Crippen LogP contribution in [-0.4, -0.2) is 35.0 Å². The number of pyridine rings is 1. The van der Waals surface area contributed by atoms with Crippen LogP contribution >= 0.6 is 0 Å². The Hall–Kier alpha value is -2.10. The van der Waals surface area contributed by atoms with Gasteiger partial charge in [0, 0.05) is 18.5 Å². The van der Waals surface area contributed by atoms with Crippen molar-refractivity contribution in [2.75, 3.05) is 7.05 Å². The van der Waals surface area contributed by atoms with Crippen LogP contribution in [0.15, 0.2) is 36.5 Å². The van der Waals surface area contributed by atoms with Gasteiger partial charge in [0.05, 0.1) is 11.7 Å². The van der Waals surface area contributed by atoms with Crippen LogP contribution in [0.5, 0.6) is 5.75 Å². The smallest absolute Gasteiger partial charge is 0.263 e. The number of carbonyl (C=O) groups is 1. The van der Waals surface area contributed by atoms with Gasteiger partial charge in [0.2, 0.25) is 0 Å². The van der Waals surface area contributed by atoms with Crippen molar-refractivity contribution >= 4 is 16.8 Å². The lowest BCUT2D eigenvalue weighted by atomic mass is 10.2. The Kier molecular flexibility index (Phi) is 3.30. The predicted octanol–water partition coefficient (Wildman–Crippen LogP) is 2.62. The number of rotatable bonds is 4. The fraction of sp³-hybridized carbons (Fsp3) is 0.375. The summed E-state index contributed by atoms with van der Waals surface area (Å²) in [6.45, 7) is 1.79. The van der Waals surface area contributed by atoms with Gasteiger partial charge in [0.15, 0.2) is 6.10 Å². The number of aromatic nitrogens is 1. The minimum atomic E-state index is -0.483. The predicted molar refractivity (Wildman–Crippen MR) is 77.6 cm³/mol. The van der Waals surface area contributed by atoms with E-state index in [1.807, 2.05) is 37.4 Å². The summed E-state index contributed by atoms with van der Waals surface area (Å²) in [4.78, 5) is 18.3. The van der Waals surface area contributed by atoms with E-state index in [9.17, 15) is 4.79 Å². The van der Waals surface area contributed by atoms with Gasteiger partial charge in [-0.3, -0.25) is 9.78 Å². The van der Waals surface area contributed by atoms with Gasteiger partial charge in [-0.25, -0.2) is 0 Å². The normalized spacial score (nSPS) is 15.9. The summed E-state index contributed by atoms with van der Waals surface area (Å²) < 4.78 is 5.73. The van der Waals surface area contributed by atoms with E-state index in [-0.39, 0.29) is 5.91 Å². The Morgan fingerprint density at radius 2 is 2.15 bits per heavy atom. The Morgan fingerprint density at radius 3 is 2.90 bits per heavy atom. The highest BCUT2D eigenvalue weighted by atomic mass is 16.5. The van der Waals surface area contributed by atoms with Crippen LogP contribution in [-0.2, 0) is 4.79 Å². The molecule has 4 heteroatoms. The zero-order valence-electron chi connectivity index (χ0n) is 11.7.